The molecule has 1 aromatic rings. The summed E-state index contributed by atoms with van der Waals surface area (Å²) in [5.41, 5.74) is 0.870. The molecule has 2 heterocycles. The Morgan fingerprint density at radius 1 is 1.29 bits per heavy atom. The van der Waals surface area contributed by atoms with Crippen LogP contribution in [-0.2, 0) is 14.3 Å². The lowest BCUT2D eigenvalue weighted by atomic mass is 10.1. The Balaban J connectivity index is 0.00000208. The van der Waals surface area contributed by atoms with Gasteiger partial charge in [0.2, 0.25) is 11.8 Å². The third-order valence-electron chi connectivity index (χ3n) is 4.50. The molecular weight excluding hydrogens is 330 g/mol. The number of morpholine rings is 1. The van der Waals surface area contributed by atoms with Gasteiger partial charge in [0.1, 0.15) is 12.1 Å². The van der Waals surface area contributed by atoms with Gasteiger partial charge in [-0.25, -0.2) is 0 Å². The number of rotatable bonds is 3. The SMILES string of the molecule is CC1CC(NC(=O)[C@H]2NCCO[C@@H]2C)C(=O)N1c1ccccc1.Cl. The van der Waals surface area contributed by atoms with E-state index in [1.54, 1.807) is 4.90 Å². The number of hydrogen-bond donors (Lipinski definition) is 2. The van der Waals surface area contributed by atoms with Crippen LogP contribution < -0.4 is 15.5 Å². The summed E-state index contributed by atoms with van der Waals surface area (Å²) in [6.07, 6.45) is 0.421. The molecule has 0 aromatic heterocycles. The zero-order valence-corrected chi connectivity index (χ0v) is 14.7. The number of ether oxygens (including phenoxy) is 1. The van der Waals surface area contributed by atoms with Crippen LogP contribution in [0.5, 0.6) is 0 Å². The molecule has 24 heavy (non-hydrogen) atoms. The fraction of sp³-hybridized carbons (Fsp3) is 0.529. The number of para-hydroxylation sites is 1. The fourth-order valence-electron chi connectivity index (χ4n) is 3.31. The highest BCUT2D eigenvalue weighted by Gasteiger charge is 2.40. The zero-order valence-electron chi connectivity index (χ0n) is 13.9. The van der Waals surface area contributed by atoms with Crippen molar-refractivity contribution >= 4 is 29.9 Å². The van der Waals surface area contributed by atoms with Crippen LogP contribution in [0.1, 0.15) is 20.3 Å². The van der Waals surface area contributed by atoms with E-state index >= 15 is 0 Å². The molecule has 2 saturated heterocycles. The number of amides is 2. The van der Waals surface area contributed by atoms with Crippen molar-refractivity contribution in [3.63, 3.8) is 0 Å². The molecule has 2 aliphatic rings. The third-order valence-corrected chi connectivity index (χ3v) is 4.50. The minimum Gasteiger partial charge on any atom is -0.375 e. The van der Waals surface area contributed by atoms with Gasteiger partial charge in [-0.05, 0) is 32.4 Å². The molecule has 0 radical (unpaired) electrons. The molecule has 0 bridgehead atoms. The van der Waals surface area contributed by atoms with Gasteiger partial charge < -0.3 is 20.3 Å². The summed E-state index contributed by atoms with van der Waals surface area (Å²) in [7, 11) is 0. The summed E-state index contributed by atoms with van der Waals surface area (Å²) in [5.74, 6) is -0.223. The van der Waals surface area contributed by atoms with E-state index in [2.05, 4.69) is 10.6 Å². The monoisotopic (exact) mass is 353 g/mol. The van der Waals surface area contributed by atoms with Gasteiger partial charge in [-0.1, -0.05) is 18.2 Å². The number of nitrogens with one attached hydrogen (secondary N) is 2. The standard InChI is InChI=1S/C17H23N3O3.ClH/c1-11-10-14(17(22)20(11)13-6-4-3-5-7-13)19-16(21)15-12(2)23-9-8-18-15;/h3-7,11-12,14-15,18H,8-10H2,1-2H3,(H,19,21);1H/t11?,12-,14?,15+;/m1./s1. The highest BCUT2D eigenvalue weighted by molar-refractivity contribution is 6.02. The summed E-state index contributed by atoms with van der Waals surface area (Å²) in [4.78, 5) is 26.9. The van der Waals surface area contributed by atoms with E-state index in [1.807, 2.05) is 44.2 Å². The third kappa shape index (κ3) is 3.71. The largest absolute Gasteiger partial charge is 0.375 e. The van der Waals surface area contributed by atoms with Crippen molar-refractivity contribution < 1.29 is 14.3 Å². The second-order valence-electron chi connectivity index (χ2n) is 6.20. The molecule has 7 heteroatoms. The predicted octanol–water partition coefficient (Wildman–Crippen LogP) is 1.10. The van der Waals surface area contributed by atoms with Crippen LogP contribution in [0, 0.1) is 0 Å². The lowest BCUT2D eigenvalue weighted by Gasteiger charge is -2.30. The molecule has 2 fully saturated rings. The molecule has 2 unspecified atom stereocenters. The zero-order chi connectivity index (χ0) is 16.4. The van der Waals surface area contributed by atoms with Crippen LogP contribution in [0.3, 0.4) is 0 Å². The molecule has 4 atom stereocenters. The van der Waals surface area contributed by atoms with E-state index in [0.717, 1.165) is 5.69 Å². The van der Waals surface area contributed by atoms with E-state index in [0.29, 0.717) is 19.6 Å². The van der Waals surface area contributed by atoms with Crippen molar-refractivity contribution in [2.45, 2.75) is 44.5 Å². The number of carbonyl (C=O) groups is 2. The van der Waals surface area contributed by atoms with Gasteiger partial charge in [0.25, 0.3) is 0 Å². The summed E-state index contributed by atoms with van der Waals surface area (Å²) < 4.78 is 5.50. The van der Waals surface area contributed by atoms with Gasteiger partial charge in [-0.3, -0.25) is 9.59 Å². The first-order valence-electron chi connectivity index (χ1n) is 8.11. The Hall–Kier alpha value is -1.63. The molecule has 1 aromatic carbocycles. The summed E-state index contributed by atoms with van der Waals surface area (Å²) in [5, 5.41) is 6.04. The number of hydrogen-bond acceptors (Lipinski definition) is 4. The average Bonchev–Trinajstić information content (AvgIpc) is 2.82. The molecule has 0 saturated carbocycles. The van der Waals surface area contributed by atoms with E-state index in [1.165, 1.54) is 0 Å². The maximum atomic E-state index is 12.7. The fourth-order valence-corrected chi connectivity index (χ4v) is 3.31. The average molecular weight is 354 g/mol. The van der Waals surface area contributed by atoms with Crippen molar-refractivity contribution in [1.82, 2.24) is 10.6 Å². The first-order valence-corrected chi connectivity index (χ1v) is 8.11. The summed E-state index contributed by atoms with van der Waals surface area (Å²) in [6, 6.07) is 8.74. The van der Waals surface area contributed by atoms with Gasteiger partial charge >= 0.3 is 0 Å². The van der Waals surface area contributed by atoms with Crippen LogP contribution >= 0.6 is 12.4 Å². The highest BCUT2D eigenvalue weighted by Crippen LogP contribution is 2.26. The molecule has 3 rings (SSSR count). The number of halogens is 1. The van der Waals surface area contributed by atoms with Gasteiger partial charge in [-0.15, -0.1) is 12.4 Å². The van der Waals surface area contributed by atoms with Crippen molar-refractivity contribution in [2.24, 2.45) is 0 Å². The first-order chi connectivity index (χ1) is 11.1. The molecule has 132 valence electrons. The van der Waals surface area contributed by atoms with Gasteiger partial charge in [0, 0.05) is 18.3 Å². The van der Waals surface area contributed by atoms with E-state index in [4.69, 9.17) is 4.74 Å². The normalized spacial score (nSPS) is 29.9. The van der Waals surface area contributed by atoms with Crippen LogP contribution in [0.25, 0.3) is 0 Å². The van der Waals surface area contributed by atoms with Crippen LogP contribution in [0.4, 0.5) is 5.69 Å². The van der Waals surface area contributed by atoms with Crippen molar-refractivity contribution in [1.29, 1.82) is 0 Å². The topological polar surface area (TPSA) is 70.7 Å². The number of benzene rings is 1. The molecule has 2 N–H and O–H groups in total. The number of nitrogens with zero attached hydrogens (tertiary/aromatic N) is 1. The van der Waals surface area contributed by atoms with Gasteiger partial charge in [0.05, 0.1) is 12.7 Å². The van der Waals surface area contributed by atoms with Crippen LogP contribution in [0.2, 0.25) is 0 Å². The van der Waals surface area contributed by atoms with Crippen molar-refractivity contribution in [3.05, 3.63) is 30.3 Å². The molecule has 2 aliphatic heterocycles. The molecular formula is C17H24ClN3O3. The molecule has 0 aliphatic carbocycles. The van der Waals surface area contributed by atoms with E-state index in [9.17, 15) is 9.59 Å². The number of carbonyl (C=O) groups excluding carboxylic acids is 2. The first kappa shape index (κ1) is 18.7. The Morgan fingerprint density at radius 3 is 2.67 bits per heavy atom. The summed E-state index contributed by atoms with van der Waals surface area (Å²) in [6.45, 7) is 5.12. The lowest BCUT2D eigenvalue weighted by molar-refractivity contribution is -0.132. The maximum absolute atomic E-state index is 12.7. The highest BCUT2D eigenvalue weighted by atomic mass is 35.5. The minimum absolute atomic E-state index is 0. The molecule has 0 spiro atoms. The van der Waals surface area contributed by atoms with Crippen molar-refractivity contribution in [3.8, 4) is 0 Å². The number of anilines is 1. The van der Waals surface area contributed by atoms with Gasteiger partial charge in [0.15, 0.2) is 0 Å². The van der Waals surface area contributed by atoms with Gasteiger partial charge in [-0.2, -0.15) is 0 Å². The minimum atomic E-state index is -0.478. The van der Waals surface area contributed by atoms with E-state index in [-0.39, 0.29) is 36.4 Å². The predicted molar refractivity (Wildman–Crippen MR) is 94.4 cm³/mol. The Bertz CT molecular complexity index is 584. The molecule has 2 amide bonds. The second kappa shape index (κ2) is 7.96. The maximum Gasteiger partial charge on any atom is 0.249 e. The Labute approximate surface area is 148 Å². The lowest BCUT2D eigenvalue weighted by Crippen LogP contribution is -2.57. The molecule has 6 nitrogen and oxygen atoms in total. The Kier molecular flexibility index (Phi) is 6.21. The van der Waals surface area contributed by atoms with Crippen LogP contribution in [-0.4, -0.2) is 49.2 Å². The van der Waals surface area contributed by atoms with Crippen molar-refractivity contribution in [2.75, 3.05) is 18.1 Å². The summed E-state index contributed by atoms with van der Waals surface area (Å²) >= 11 is 0. The quantitative estimate of drug-likeness (QED) is 0.853. The smallest absolute Gasteiger partial charge is 0.249 e. The second-order valence-corrected chi connectivity index (χ2v) is 6.20. The van der Waals surface area contributed by atoms with Crippen LogP contribution in [0.15, 0.2) is 30.3 Å². The van der Waals surface area contributed by atoms with E-state index < -0.39 is 12.1 Å². The Morgan fingerprint density at radius 2 is 2.00 bits per heavy atom.